The smallest absolute Gasteiger partial charge is 0.119 e. The molecular weight excluding hydrogens is 168 g/mol. The molecule has 0 spiro atoms. The molecule has 0 aromatic heterocycles. The SMILES string of the molecule is CC(C)Oc1cccc(CS)c1. The summed E-state index contributed by atoms with van der Waals surface area (Å²) in [6.07, 6.45) is 0.236. The number of hydrogen-bond donors (Lipinski definition) is 1. The average molecular weight is 182 g/mol. The van der Waals surface area contributed by atoms with Crippen molar-refractivity contribution < 1.29 is 4.74 Å². The summed E-state index contributed by atoms with van der Waals surface area (Å²) in [5.41, 5.74) is 1.19. The van der Waals surface area contributed by atoms with E-state index < -0.39 is 0 Å². The van der Waals surface area contributed by atoms with Crippen molar-refractivity contribution in [2.45, 2.75) is 25.7 Å². The van der Waals surface area contributed by atoms with Crippen molar-refractivity contribution in [3.8, 4) is 5.75 Å². The van der Waals surface area contributed by atoms with Gasteiger partial charge in [-0.2, -0.15) is 12.6 Å². The molecule has 12 heavy (non-hydrogen) atoms. The Labute approximate surface area is 79.2 Å². The summed E-state index contributed by atoms with van der Waals surface area (Å²) in [4.78, 5) is 0. The van der Waals surface area contributed by atoms with Crippen LogP contribution in [0.5, 0.6) is 5.75 Å². The van der Waals surface area contributed by atoms with Gasteiger partial charge in [-0.05, 0) is 31.5 Å². The Morgan fingerprint density at radius 3 is 2.75 bits per heavy atom. The van der Waals surface area contributed by atoms with Crippen LogP contribution in [0, 0.1) is 0 Å². The van der Waals surface area contributed by atoms with Crippen LogP contribution in [0.2, 0.25) is 0 Å². The molecule has 0 heterocycles. The van der Waals surface area contributed by atoms with Gasteiger partial charge in [-0.25, -0.2) is 0 Å². The molecule has 66 valence electrons. The summed E-state index contributed by atoms with van der Waals surface area (Å²) in [5, 5.41) is 0. The summed E-state index contributed by atoms with van der Waals surface area (Å²) in [6.45, 7) is 4.04. The van der Waals surface area contributed by atoms with Crippen molar-refractivity contribution in [3.05, 3.63) is 29.8 Å². The highest BCUT2D eigenvalue weighted by Crippen LogP contribution is 2.15. The predicted molar refractivity (Wildman–Crippen MR) is 54.9 cm³/mol. The molecule has 0 bridgehead atoms. The van der Waals surface area contributed by atoms with Gasteiger partial charge >= 0.3 is 0 Å². The van der Waals surface area contributed by atoms with E-state index in [4.69, 9.17) is 4.74 Å². The molecule has 1 nitrogen and oxygen atoms in total. The molecule has 0 radical (unpaired) electrons. The highest BCUT2D eigenvalue weighted by molar-refractivity contribution is 7.79. The molecule has 0 fully saturated rings. The molecule has 0 N–H and O–H groups in total. The van der Waals surface area contributed by atoms with Crippen molar-refractivity contribution >= 4 is 12.6 Å². The zero-order chi connectivity index (χ0) is 8.97. The van der Waals surface area contributed by atoms with Crippen LogP contribution in [0.25, 0.3) is 0 Å². The fraction of sp³-hybridized carbons (Fsp3) is 0.400. The first-order valence-corrected chi connectivity index (χ1v) is 4.72. The molecule has 1 aromatic carbocycles. The molecule has 0 aliphatic carbocycles. The third kappa shape index (κ3) is 2.78. The Hall–Kier alpha value is -0.630. The second-order valence-electron chi connectivity index (χ2n) is 2.97. The topological polar surface area (TPSA) is 9.23 Å². The monoisotopic (exact) mass is 182 g/mol. The normalized spacial score (nSPS) is 10.3. The van der Waals surface area contributed by atoms with Crippen molar-refractivity contribution in [1.82, 2.24) is 0 Å². The van der Waals surface area contributed by atoms with Gasteiger partial charge in [0.1, 0.15) is 5.75 Å². The van der Waals surface area contributed by atoms with E-state index >= 15 is 0 Å². The van der Waals surface area contributed by atoms with E-state index in [1.807, 2.05) is 38.1 Å². The van der Waals surface area contributed by atoms with Crippen LogP contribution in [0.1, 0.15) is 19.4 Å². The number of thiol groups is 1. The predicted octanol–water partition coefficient (Wildman–Crippen LogP) is 2.90. The minimum Gasteiger partial charge on any atom is -0.491 e. The Bertz CT molecular complexity index is 245. The minimum absolute atomic E-state index is 0.236. The summed E-state index contributed by atoms with van der Waals surface area (Å²) < 4.78 is 5.52. The molecule has 0 aliphatic heterocycles. The van der Waals surface area contributed by atoms with Gasteiger partial charge in [-0.3, -0.25) is 0 Å². The summed E-state index contributed by atoms with van der Waals surface area (Å²) in [7, 11) is 0. The van der Waals surface area contributed by atoms with Gasteiger partial charge in [0.25, 0.3) is 0 Å². The molecule has 0 unspecified atom stereocenters. The molecule has 0 saturated carbocycles. The first-order valence-electron chi connectivity index (χ1n) is 4.09. The van der Waals surface area contributed by atoms with Gasteiger partial charge in [-0.15, -0.1) is 0 Å². The van der Waals surface area contributed by atoms with Crippen molar-refractivity contribution in [2.24, 2.45) is 0 Å². The van der Waals surface area contributed by atoms with Crippen LogP contribution in [0.3, 0.4) is 0 Å². The Morgan fingerprint density at radius 2 is 2.17 bits per heavy atom. The Kier molecular flexibility index (Phi) is 3.48. The van der Waals surface area contributed by atoms with Crippen LogP contribution >= 0.6 is 12.6 Å². The van der Waals surface area contributed by atoms with Gasteiger partial charge in [0.15, 0.2) is 0 Å². The number of hydrogen-bond acceptors (Lipinski definition) is 2. The molecule has 0 aliphatic rings. The third-order valence-corrected chi connectivity index (χ3v) is 1.82. The quantitative estimate of drug-likeness (QED) is 0.707. The van der Waals surface area contributed by atoms with E-state index in [9.17, 15) is 0 Å². The third-order valence-electron chi connectivity index (χ3n) is 1.45. The van der Waals surface area contributed by atoms with E-state index in [1.165, 1.54) is 5.56 Å². The zero-order valence-corrected chi connectivity index (χ0v) is 8.34. The van der Waals surface area contributed by atoms with Gasteiger partial charge < -0.3 is 4.74 Å². The minimum atomic E-state index is 0.236. The van der Waals surface area contributed by atoms with Crippen LogP contribution in [0.4, 0.5) is 0 Å². The van der Waals surface area contributed by atoms with Gasteiger partial charge in [0, 0.05) is 5.75 Å². The highest BCUT2D eigenvalue weighted by Gasteiger charge is 1.97. The van der Waals surface area contributed by atoms with E-state index in [0.717, 1.165) is 11.5 Å². The molecule has 0 atom stereocenters. The van der Waals surface area contributed by atoms with E-state index in [2.05, 4.69) is 12.6 Å². The van der Waals surface area contributed by atoms with Gasteiger partial charge in [-0.1, -0.05) is 12.1 Å². The lowest BCUT2D eigenvalue weighted by molar-refractivity contribution is 0.242. The number of benzene rings is 1. The number of ether oxygens (including phenoxy) is 1. The second kappa shape index (κ2) is 4.41. The van der Waals surface area contributed by atoms with E-state index in [1.54, 1.807) is 0 Å². The molecule has 1 rings (SSSR count). The van der Waals surface area contributed by atoms with Crippen LogP contribution < -0.4 is 4.74 Å². The first-order chi connectivity index (χ1) is 5.72. The largest absolute Gasteiger partial charge is 0.491 e. The number of rotatable bonds is 3. The van der Waals surface area contributed by atoms with E-state index in [0.29, 0.717) is 0 Å². The zero-order valence-electron chi connectivity index (χ0n) is 7.45. The highest BCUT2D eigenvalue weighted by atomic mass is 32.1. The van der Waals surface area contributed by atoms with Crippen LogP contribution in [-0.4, -0.2) is 6.10 Å². The maximum absolute atomic E-state index is 5.52. The van der Waals surface area contributed by atoms with Crippen molar-refractivity contribution in [3.63, 3.8) is 0 Å². The van der Waals surface area contributed by atoms with E-state index in [-0.39, 0.29) is 6.10 Å². The van der Waals surface area contributed by atoms with Crippen molar-refractivity contribution in [2.75, 3.05) is 0 Å². The fourth-order valence-electron chi connectivity index (χ4n) is 0.989. The van der Waals surface area contributed by atoms with Crippen LogP contribution in [0.15, 0.2) is 24.3 Å². The standard InChI is InChI=1S/C10H14OS/c1-8(2)11-10-5-3-4-9(6-10)7-12/h3-6,8,12H,7H2,1-2H3. The van der Waals surface area contributed by atoms with Gasteiger partial charge in [0.2, 0.25) is 0 Å². The fourth-order valence-corrected chi connectivity index (χ4v) is 1.19. The lowest BCUT2D eigenvalue weighted by Crippen LogP contribution is -2.05. The maximum atomic E-state index is 5.52. The van der Waals surface area contributed by atoms with Crippen molar-refractivity contribution in [1.29, 1.82) is 0 Å². The van der Waals surface area contributed by atoms with Crippen LogP contribution in [-0.2, 0) is 5.75 Å². The lowest BCUT2D eigenvalue weighted by atomic mass is 10.2. The summed E-state index contributed by atoms with van der Waals surface area (Å²) in [5.74, 6) is 1.69. The average Bonchev–Trinajstić information content (AvgIpc) is 2.03. The Morgan fingerprint density at radius 1 is 1.42 bits per heavy atom. The molecule has 1 aromatic rings. The Balaban J connectivity index is 2.72. The lowest BCUT2D eigenvalue weighted by Gasteiger charge is -2.09. The summed E-state index contributed by atoms with van der Waals surface area (Å²) in [6, 6.07) is 8.02. The van der Waals surface area contributed by atoms with Gasteiger partial charge in [0.05, 0.1) is 6.10 Å². The maximum Gasteiger partial charge on any atom is 0.119 e. The molecule has 0 amide bonds. The molecular formula is C10H14OS. The molecule has 2 heteroatoms. The molecule has 0 saturated heterocycles. The second-order valence-corrected chi connectivity index (χ2v) is 3.29. The first kappa shape index (κ1) is 9.46. The summed E-state index contributed by atoms with van der Waals surface area (Å²) >= 11 is 4.19.